The number of hydrogen-bond acceptors (Lipinski definition) is 3. The summed E-state index contributed by atoms with van der Waals surface area (Å²) < 4.78 is 0. The molecule has 2 rings (SSSR count). The molecule has 1 unspecified atom stereocenters. The van der Waals surface area contributed by atoms with Crippen LogP contribution in [0.1, 0.15) is 53.4 Å². The average Bonchev–Trinajstić information content (AvgIpc) is 2.84. The largest absolute Gasteiger partial charge is 0.296 e. The molecule has 1 atom stereocenters. The zero-order valence-electron chi connectivity index (χ0n) is 14.6. The van der Waals surface area contributed by atoms with E-state index < -0.39 is 11.9 Å². The third-order valence-corrected chi connectivity index (χ3v) is 3.34. The van der Waals surface area contributed by atoms with E-state index in [1.807, 2.05) is 13.8 Å². The van der Waals surface area contributed by atoms with Crippen molar-refractivity contribution >= 4 is 17.7 Å². The first-order valence-corrected chi connectivity index (χ1v) is 8.16. The van der Waals surface area contributed by atoms with Crippen LogP contribution in [-0.4, -0.2) is 28.7 Å². The quantitative estimate of drug-likeness (QED) is 0.813. The van der Waals surface area contributed by atoms with Gasteiger partial charge in [0.2, 0.25) is 11.8 Å². The molecule has 0 bridgehead atoms. The van der Waals surface area contributed by atoms with Crippen molar-refractivity contribution in [3.63, 3.8) is 0 Å². The minimum Gasteiger partial charge on any atom is -0.296 e. The van der Waals surface area contributed by atoms with Gasteiger partial charge in [-0.15, -0.1) is 0 Å². The molecule has 0 aliphatic carbocycles. The highest BCUT2D eigenvalue weighted by molar-refractivity contribution is 6.06. The zero-order chi connectivity index (χ0) is 18.0. The lowest BCUT2D eigenvalue weighted by molar-refractivity contribution is -0.141. The van der Waals surface area contributed by atoms with Gasteiger partial charge in [-0.2, -0.15) is 0 Å². The number of amides is 3. The van der Waals surface area contributed by atoms with Gasteiger partial charge >= 0.3 is 0 Å². The molecule has 0 saturated carbocycles. The third-order valence-electron chi connectivity index (χ3n) is 3.34. The van der Waals surface area contributed by atoms with E-state index in [9.17, 15) is 14.4 Å². The molecular weight excluding hydrogens is 292 g/mol. The number of imide groups is 1. The lowest BCUT2D eigenvalue weighted by Gasteiger charge is -2.30. The lowest BCUT2D eigenvalue weighted by Crippen LogP contribution is -2.52. The molecule has 5 heteroatoms. The standard InChI is InChI=1S/C12H12N2O3.C4H10.C2H6/c1-3-8-6-7(2)14(12(8)17)9-4-5-10(15)13-11(9)16;1-3-4-2;1-2/h3,6,9H,1-2,4-5H2,(H,13,15,16);3-4H2,1-2H3;1-2H3. The molecule has 2 heterocycles. The normalized spacial score (nSPS) is 19.9. The van der Waals surface area contributed by atoms with Crippen LogP contribution in [0.25, 0.3) is 0 Å². The Balaban J connectivity index is 0.000000705. The third kappa shape index (κ3) is 5.51. The number of nitrogens with one attached hydrogen (secondary N) is 1. The van der Waals surface area contributed by atoms with Gasteiger partial charge in [0.05, 0.1) is 0 Å². The molecule has 0 spiro atoms. The van der Waals surface area contributed by atoms with E-state index in [1.54, 1.807) is 6.08 Å². The van der Waals surface area contributed by atoms with Crippen LogP contribution in [0.5, 0.6) is 0 Å². The minimum absolute atomic E-state index is 0.233. The molecule has 1 fully saturated rings. The SMILES string of the molecule is C=CC1=CC(=C)N(C2CCC(=O)NC2=O)C1=O.CC.CCCC. The minimum atomic E-state index is -0.651. The van der Waals surface area contributed by atoms with Gasteiger partial charge < -0.3 is 0 Å². The maximum absolute atomic E-state index is 11.9. The summed E-state index contributed by atoms with van der Waals surface area (Å²) >= 11 is 0. The van der Waals surface area contributed by atoms with Crippen molar-refractivity contribution in [2.24, 2.45) is 0 Å². The monoisotopic (exact) mass is 320 g/mol. The molecule has 2 aliphatic heterocycles. The van der Waals surface area contributed by atoms with E-state index in [1.165, 1.54) is 23.8 Å². The molecule has 5 nitrogen and oxygen atoms in total. The van der Waals surface area contributed by atoms with Gasteiger partial charge in [0.25, 0.3) is 5.91 Å². The van der Waals surface area contributed by atoms with E-state index in [0.717, 1.165) is 0 Å². The molecule has 3 amide bonds. The van der Waals surface area contributed by atoms with Crippen LogP contribution >= 0.6 is 0 Å². The summed E-state index contributed by atoms with van der Waals surface area (Å²) in [6.45, 7) is 15.6. The second-order valence-corrected chi connectivity index (χ2v) is 4.94. The highest BCUT2D eigenvalue weighted by atomic mass is 16.2. The predicted octanol–water partition coefficient (Wildman–Crippen LogP) is 3.09. The van der Waals surface area contributed by atoms with Gasteiger partial charge in [-0.3, -0.25) is 24.6 Å². The Hall–Kier alpha value is -2.17. The van der Waals surface area contributed by atoms with Crippen LogP contribution in [0, 0.1) is 0 Å². The Kier molecular flexibility index (Phi) is 9.54. The van der Waals surface area contributed by atoms with Crippen molar-refractivity contribution in [1.82, 2.24) is 10.2 Å². The maximum atomic E-state index is 11.9. The first-order valence-electron chi connectivity index (χ1n) is 8.16. The van der Waals surface area contributed by atoms with Crippen molar-refractivity contribution in [1.29, 1.82) is 0 Å². The number of carbonyl (C=O) groups excluding carboxylic acids is 3. The van der Waals surface area contributed by atoms with Crippen LogP contribution < -0.4 is 5.32 Å². The van der Waals surface area contributed by atoms with Gasteiger partial charge in [-0.05, 0) is 12.5 Å². The number of nitrogens with zero attached hydrogens (tertiary/aromatic N) is 1. The van der Waals surface area contributed by atoms with Gasteiger partial charge in [0.15, 0.2) is 0 Å². The Morgan fingerprint density at radius 1 is 1.26 bits per heavy atom. The number of piperidine rings is 1. The average molecular weight is 320 g/mol. The molecule has 0 aromatic rings. The summed E-state index contributed by atoms with van der Waals surface area (Å²) in [6.07, 6.45) is 6.21. The smallest absolute Gasteiger partial charge is 0.259 e. The van der Waals surface area contributed by atoms with E-state index in [4.69, 9.17) is 0 Å². The Morgan fingerprint density at radius 3 is 2.22 bits per heavy atom. The fourth-order valence-electron chi connectivity index (χ4n) is 2.00. The topological polar surface area (TPSA) is 66.5 Å². The van der Waals surface area contributed by atoms with Crippen molar-refractivity contribution in [3.8, 4) is 0 Å². The van der Waals surface area contributed by atoms with Crippen molar-refractivity contribution in [3.05, 3.63) is 36.6 Å². The molecule has 1 N–H and O–H groups in total. The molecule has 0 radical (unpaired) electrons. The number of allylic oxidation sites excluding steroid dienone is 1. The number of hydrogen-bond donors (Lipinski definition) is 1. The number of unbranched alkanes of at least 4 members (excludes halogenated alkanes) is 1. The first-order chi connectivity index (χ1) is 11.0. The summed E-state index contributed by atoms with van der Waals surface area (Å²) in [5.41, 5.74) is 0.874. The Labute approximate surface area is 139 Å². The molecule has 0 aromatic carbocycles. The van der Waals surface area contributed by atoms with E-state index in [2.05, 4.69) is 32.3 Å². The van der Waals surface area contributed by atoms with Crippen LogP contribution in [0.3, 0.4) is 0 Å². The summed E-state index contributed by atoms with van der Waals surface area (Å²) in [5.74, 6) is -1.05. The molecule has 2 aliphatic rings. The van der Waals surface area contributed by atoms with Crippen LogP contribution in [0.4, 0.5) is 0 Å². The van der Waals surface area contributed by atoms with Crippen molar-refractivity contribution in [2.45, 2.75) is 59.4 Å². The molecule has 0 aromatic heterocycles. The molecule has 128 valence electrons. The Morgan fingerprint density at radius 2 is 1.83 bits per heavy atom. The predicted molar refractivity (Wildman–Crippen MR) is 92.4 cm³/mol. The van der Waals surface area contributed by atoms with Gasteiger partial charge in [0, 0.05) is 17.7 Å². The fourth-order valence-corrected chi connectivity index (χ4v) is 2.00. The maximum Gasteiger partial charge on any atom is 0.259 e. The highest BCUT2D eigenvalue weighted by Crippen LogP contribution is 2.26. The van der Waals surface area contributed by atoms with E-state index in [-0.39, 0.29) is 18.2 Å². The van der Waals surface area contributed by atoms with Crippen LogP contribution in [0.2, 0.25) is 0 Å². The van der Waals surface area contributed by atoms with Gasteiger partial charge in [0.1, 0.15) is 6.04 Å². The summed E-state index contributed by atoms with van der Waals surface area (Å²) in [4.78, 5) is 35.9. The number of carbonyl (C=O) groups is 3. The zero-order valence-corrected chi connectivity index (χ0v) is 14.6. The lowest BCUT2D eigenvalue weighted by atomic mass is 10.0. The molecule has 1 saturated heterocycles. The molecule has 23 heavy (non-hydrogen) atoms. The van der Waals surface area contributed by atoms with Crippen LogP contribution in [0.15, 0.2) is 36.6 Å². The van der Waals surface area contributed by atoms with Crippen molar-refractivity contribution in [2.75, 3.05) is 0 Å². The highest BCUT2D eigenvalue weighted by Gasteiger charge is 2.38. The Bertz CT molecular complexity index is 504. The second kappa shape index (κ2) is 10.5. The summed E-state index contributed by atoms with van der Waals surface area (Å²) in [5, 5.41) is 2.22. The summed E-state index contributed by atoms with van der Waals surface area (Å²) in [7, 11) is 0. The van der Waals surface area contributed by atoms with Crippen molar-refractivity contribution < 1.29 is 14.4 Å². The summed E-state index contributed by atoms with van der Waals surface area (Å²) in [6, 6.07) is -0.651. The fraction of sp³-hybridized carbons (Fsp3) is 0.500. The number of rotatable bonds is 3. The van der Waals surface area contributed by atoms with E-state index in [0.29, 0.717) is 17.7 Å². The van der Waals surface area contributed by atoms with E-state index >= 15 is 0 Å². The van der Waals surface area contributed by atoms with Gasteiger partial charge in [-0.1, -0.05) is 59.8 Å². The molecular formula is C18H28N2O3. The first kappa shape index (κ1) is 20.8. The van der Waals surface area contributed by atoms with Gasteiger partial charge in [-0.25, -0.2) is 0 Å². The van der Waals surface area contributed by atoms with Crippen LogP contribution in [-0.2, 0) is 14.4 Å². The second-order valence-electron chi connectivity index (χ2n) is 4.94.